The van der Waals surface area contributed by atoms with Crippen LogP contribution < -0.4 is 10.9 Å². The summed E-state index contributed by atoms with van der Waals surface area (Å²) in [5.74, 6) is -0.0386. The normalized spacial score (nSPS) is 14.6. The van der Waals surface area contributed by atoms with Gasteiger partial charge in [0.2, 0.25) is 5.91 Å². The van der Waals surface area contributed by atoms with Crippen molar-refractivity contribution in [2.75, 3.05) is 5.32 Å². The highest BCUT2D eigenvalue weighted by Gasteiger charge is 2.23. The largest absolute Gasteiger partial charge is 0.308 e. The second kappa shape index (κ2) is 8.26. The Kier molecular flexibility index (Phi) is 5.88. The Morgan fingerprint density at radius 1 is 1.34 bits per heavy atom. The maximum absolute atomic E-state index is 13.0. The van der Waals surface area contributed by atoms with E-state index in [1.54, 1.807) is 25.3 Å². The van der Waals surface area contributed by atoms with Crippen molar-refractivity contribution in [1.82, 2.24) is 14.5 Å². The van der Waals surface area contributed by atoms with Crippen LogP contribution in [0.15, 0.2) is 22.2 Å². The van der Waals surface area contributed by atoms with Crippen LogP contribution in [0.1, 0.15) is 30.2 Å². The first-order valence-corrected chi connectivity index (χ1v) is 11.6. The lowest BCUT2D eigenvalue weighted by atomic mass is 9.97. The zero-order valence-electron chi connectivity index (χ0n) is 15.8. The molecule has 1 N–H and O–H groups in total. The van der Waals surface area contributed by atoms with Crippen molar-refractivity contribution in [2.24, 2.45) is 7.05 Å². The van der Waals surface area contributed by atoms with Gasteiger partial charge in [-0.1, -0.05) is 35.0 Å². The number of pyridine rings is 1. The van der Waals surface area contributed by atoms with Crippen molar-refractivity contribution in [2.45, 2.75) is 43.0 Å². The molecule has 3 aromatic heterocycles. The van der Waals surface area contributed by atoms with Crippen LogP contribution in [0.5, 0.6) is 0 Å². The second-order valence-corrected chi connectivity index (χ2v) is 10.1. The molecule has 1 atom stereocenters. The molecule has 0 radical (unpaired) electrons. The van der Waals surface area contributed by atoms with Crippen LogP contribution in [-0.2, 0) is 24.7 Å². The number of thioether (sulfide) groups is 1. The summed E-state index contributed by atoms with van der Waals surface area (Å²) in [7, 11) is 1.70. The summed E-state index contributed by atoms with van der Waals surface area (Å²) in [5.41, 5.74) is 1.11. The smallest absolute Gasteiger partial charge is 0.262 e. The molecule has 1 aliphatic rings. The molecule has 0 aliphatic heterocycles. The summed E-state index contributed by atoms with van der Waals surface area (Å²) in [6.45, 7) is 1.75. The molecule has 29 heavy (non-hydrogen) atoms. The molecule has 0 spiro atoms. The van der Waals surface area contributed by atoms with E-state index in [0.717, 1.165) is 41.5 Å². The van der Waals surface area contributed by atoms with E-state index in [0.29, 0.717) is 10.2 Å². The molecular weight excluding hydrogens is 451 g/mol. The van der Waals surface area contributed by atoms with Crippen LogP contribution >= 0.6 is 46.3 Å². The SMILES string of the molecule is CC(Sc1nc2sc3c(c2c(=O)n1C)CCCC3)C(=O)Nc1ncc(Cl)cc1Cl. The molecule has 0 fully saturated rings. The highest BCUT2D eigenvalue weighted by Crippen LogP contribution is 2.35. The van der Waals surface area contributed by atoms with E-state index < -0.39 is 5.25 Å². The van der Waals surface area contributed by atoms with Gasteiger partial charge in [-0.15, -0.1) is 11.3 Å². The Morgan fingerprint density at radius 3 is 2.86 bits per heavy atom. The highest BCUT2D eigenvalue weighted by atomic mass is 35.5. The molecule has 0 bridgehead atoms. The third-order valence-electron chi connectivity index (χ3n) is 4.86. The number of amides is 1. The van der Waals surface area contributed by atoms with Crippen molar-refractivity contribution in [1.29, 1.82) is 0 Å². The number of hydrogen-bond acceptors (Lipinski definition) is 6. The number of aromatic nitrogens is 3. The lowest BCUT2D eigenvalue weighted by Gasteiger charge is -2.14. The Balaban J connectivity index is 1.59. The van der Waals surface area contributed by atoms with E-state index in [2.05, 4.69) is 10.3 Å². The molecule has 1 aliphatic carbocycles. The number of carbonyl (C=O) groups is 1. The number of hydrogen-bond donors (Lipinski definition) is 1. The van der Waals surface area contributed by atoms with Crippen LogP contribution in [-0.4, -0.2) is 25.7 Å². The van der Waals surface area contributed by atoms with Gasteiger partial charge in [-0.25, -0.2) is 9.97 Å². The summed E-state index contributed by atoms with van der Waals surface area (Å²) < 4.78 is 1.53. The molecule has 6 nitrogen and oxygen atoms in total. The van der Waals surface area contributed by atoms with E-state index in [1.165, 1.54) is 33.5 Å². The minimum absolute atomic E-state index is 0.0491. The second-order valence-electron chi connectivity index (χ2n) is 6.88. The molecule has 3 heterocycles. The average Bonchev–Trinajstić information content (AvgIpc) is 3.06. The maximum Gasteiger partial charge on any atom is 0.262 e. The standard InChI is InChI=1S/C19H18Cl2N4O2S2/c1-9(16(26)23-15-12(21)7-10(20)8-22-15)28-19-24-17-14(18(27)25(19)2)11-5-3-4-6-13(11)29-17/h7-9H,3-6H2,1-2H3,(H,22,23,26). The number of nitrogens with zero attached hydrogens (tertiary/aromatic N) is 3. The Morgan fingerprint density at radius 2 is 2.10 bits per heavy atom. The molecule has 10 heteroatoms. The Labute approximate surface area is 185 Å². The lowest BCUT2D eigenvalue weighted by molar-refractivity contribution is -0.115. The molecule has 1 unspecified atom stereocenters. The predicted molar refractivity (Wildman–Crippen MR) is 120 cm³/mol. The first-order chi connectivity index (χ1) is 13.8. The van der Waals surface area contributed by atoms with E-state index >= 15 is 0 Å². The van der Waals surface area contributed by atoms with Gasteiger partial charge in [-0.05, 0) is 44.2 Å². The number of carbonyl (C=O) groups excluding carboxylic acids is 1. The number of halogens is 2. The van der Waals surface area contributed by atoms with Crippen LogP contribution in [0.3, 0.4) is 0 Å². The van der Waals surface area contributed by atoms with Gasteiger partial charge in [-0.2, -0.15) is 0 Å². The minimum Gasteiger partial charge on any atom is -0.308 e. The zero-order chi connectivity index (χ0) is 20.7. The predicted octanol–water partition coefficient (Wildman–Crippen LogP) is 4.69. The summed E-state index contributed by atoms with van der Waals surface area (Å²) >= 11 is 14.7. The number of aryl methyl sites for hydroxylation is 2. The number of thiophene rings is 1. The number of nitrogens with one attached hydrogen (secondary N) is 1. The Hall–Kier alpha value is -1.61. The van der Waals surface area contributed by atoms with Crippen LogP contribution in [0, 0.1) is 0 Å². The zero-order valence-corrected chi connectivity index (χ0v) is 18.9. The van der Waals surface area contributed by atoms with Gasteiger partial charge in [0.15, 0.2) is 11.0 Å². The fourth-order valence-electron chi connectivity index (χ4n) is 3.31. The van der Waals surface area contributed by atoms with Crippen molar-refractivity contribution < 1.29 is 4.79 Å². The van der Waals surface area contributed by atoms with Gasteiger partial charge < -0.3 is 5.32 Å². The van der Waals surface area contributed by atoms with Crippen molar-refractivity contribution in [3.05, 3.63) is 43.1 Å². The van der Waals surface area contributed by atoms with Crippen LogP contribution in [0.4, 0.5) is 5.82 Å². The molecule has 1 amide bonds. The fraction of sp³-hybridized carbons (Fsp3) is 0.368. The summed E-state index contributed by atoms with van der Waals surface area (Å²) in [6, 6.07) is 1.52. The summed E-state index contributed by atoms with van der Waals surface area (Å²) in [5, 5.41) is 4.10. The molecule has 4 rings (SSSR count). The van der Waals surface area contributed by atoms with Gasteiger partial charge in [0.05, 0.1) is 20.7 Å². The van der Waals surface area contributed by atoms with Crippen molar-refractivity contribution in [3.8, 4) is 0 Å². The average molecular weight is 469 g/mol. The van der Waals surface area contributed by atoms with Crippen molar-refractivity contribution >= 4 is 68.2 Å². The topological polar surface area (TPSA) is 76.9 Å². The first-order valence-electron chi connectivity index (χ1n) is 9.15. The van der Waals surface area contributed by atoms with Crippen LogP contribution in [0.25, 0.3) is 10.2 Å². The summed E-state index contributed by atoms with van der Waals surface area (Å²) in [6.07, 6.45) is 5.62. The van der Waals surface area contributed by atoms with Gasteiger partial charge in [-0.3, -0.25) is 14.2 Å². The minimum atomic E-state index is -0.506. The third-order valence-corrected chi connectivity index (χ3v) is 7.68. The van der Waals surface area contributed by atoms with E-state index in [-0.39, 0.29) is 22.3 Å². The molecular formula is C19H18Cl2N4O2S2. The van der Waals surface area contributed by atoms with Gasteiger partial charge in [0, 0.05) is 18.1 Å². The Bertz CT molecular complexity index is 1180. The fourth-order valence-corrected chi connectivity index (χ4v) is 5.91. The number of fused-ring (bicyclic) bond motifs is 3. The number of anilines is 1. The van der Waals surface area contributed by atoms with Gasteiger partial charge in [0.1, 0.15) is 4.83 Å². The quantitative estimate of drug-likeness (QED) is 0.443. The lowest BCUT2D eigenvalue weighted by Crippen LogP contribution is -2.26. The van der Waals surface area contributed by atoms with E-state index in [1.807, 2.05) is 0 Å². The third kappa shape index (κ3) is 4.03. The molecule has 0 saturated heterocycles. The first kappa shape index (κ1) is 20.7. The highest BCUT2D eigenvalue weighted by molar-refractivity contribution is 8.00. The number of rotatable bonds is 4. The maximum atomic E-state index is 13.0. The van der Waals surface area contributed by atoms with Crippen LogP contribution in [0.2, 0.25) is 10.0 Å². The van der Waals surface area contributed by atoms with Crippen molar-refractivity contribution in [3.63, 3.8) is 0 Å². The van der Waals surface area contributed by atoms with E-state index in [9.17, 15) is 9.59 Å². The molecule has 3 aromatic rings. The van der Waals surface area contributed by atoms with Gasteiger partial charge >= 0.3 is 0 Å². The molecule has 0 saturated carbocycles. The summed E-state index contributed by atoms with van der Waals surface area (Å²) in [4.78, 5) is 36.4. The molecule has 0 aromatic carbocycles. The molecule has 152 valence electrons. The van der Waals surface area contributed by atoms with Gasteiger partial charge in [0.25, 0.3) is 5.56 Å². The van der Waals surface area contributed by atoms with E-state index in [4.69, 9.17) is 28.2 Å². The monoisotopic (exact) mass is 468 g/mol.